The highest BCUT2D eigenvalue weighted by atomic mass is 32.2. The minimum atomic E-state index is -1.34. The van der Waals surface area contributed by atoms with Crippen LogP contribution in [0.25, 0.3) is 0 Å². The van der Waals surface area contributed by atoms with Gasteiger partial charge in [0.05, 0.1) is 18.8 Å². The molecule has 2 rings (SSSR count). The second-order valence-corrected chi connectivity index (χ2v) is 11.4. The van der Waals surface area contributed by atoms with E-state index in [1.165, 1.54) is 18.0 Å². The molecule has 1 aliphatic rings. The Morgan fingerprint density at radius 2 is 1.71 bits per heavy atom. The number of hydrogen-bond donors (Lipinski definition) is 5. The summed E-state index contributed by atoms with van der Waals surface area (Å²) in [6.45, 7) is 3.63. The predicted molar refractivity (Wildman–Crippen MR) is 155 cm³/mol. The Bertz CT molecular complexity index is 953. The monoisotopic (exact) mass is 617 g/mol. The smallest absolute Gasteiger partial charge is 0.306 e. The van der Waals surface area contributed by atoms with Crippen LogP contribution in [0.4, 0.5) is 5.82 Å². The van der Waals surface area contributed by atoms with Crippen LogP contribution in [-0.2, 0) is 28.6 Å². The molecule has 0 saturated carbocycles. The molecule has 240 valence electrons. The summed E-state index contributed by atoms with van der Waals surface area (Å²) >= 11 is 1.29. The molecule has 1 aromatic rings. The molecule has 0 aromatic carbocycles. The van der Waals surface area contributed by atoms with E-state index in [0.717, 1.165) is 56.0 Å². The maximum atomic E-state index is 12.6. The Kier molecular flexibility index (Phi) is 16.9. The Morgan fingerprint density at radius 1 is 1.05 bits per heavy atom. The maximum Gasteiger partial charge on any atom is 0.306 e. The predicted octanol–water partition coefficient (Wildman–Crippen LogP) is 1.28. The fraction of sp³-hybridized carbons (Fsp3) is 0.815. The summed E-state index contributed by atoms with van der Waals surface area (Å²) in [4.78, 5) is 37.1. The molecular formula is C27H47N5O9S. The van der Waals surface area contributed by atoms with Crippen LogP contribution in [0.2, 0.25) is 0 Å². The van der Waals surface area contributed by atoms with Crippen molar-refractivity contribution in [2.75, 3.05) is 30.0 Å². The number of nitrogens with one attached hydrogen (secondary N) is 1. The largest absolute Gasteiger partial charge is 0.462 e. The van der Waals surface area contributed by atoms with Crippen LogP contribution in [0.1, 0.15) is 84.3 Å². The van der Waals surface area contributed by atoms with E-state index in [1.54, 1.807) is 0 Å². The van der Waals surface area contributed by atoms with Crippen molar-refractivity contribution in [2.24, 2.45) is 5.73 Å². The SMILES string of the molecule is CCCCCCC(=O)OCC(CSCC(N)C(=O)Nc1cn([C@H]2OC(CO)[C@@H](O)[C@@H]2O)nn1)OC(=O)CCCCCC. The Hall–Kier alpha value is -2.30. The lowest BCUT2D eigenvalue weighted by molar-refractivity contribution is -0.157. The van der Waals surface area contributed by atoms with E-state index in [9.17, 15) is 29.7 Å². The molecule has 1 fully saturated rings. The van der Waals surface area contributed by atoms with Gasteiger partial charge in [0.2, 0.25) is 5.91 Å². The molecule has 0 radical (unpaired) electrons. The van der Waals surface area contributed by atoms with Crippen molar-refractivity contribution in [2.45, 2.75) is 115 Å². The number of amides is 1. The van der Waals surface area contributed by atoms with Crippen molar-refractivity contribution in [3.63, 3.8) is 0 Å². The van der Waals surface area contributed by atoms with Gasteiger partial charge < -0.3 is 40.6 Å². The van der Waals surface area contributed by atoms with Crippen LogP contribution < -0.4 is 11.1 Å². The number of carbonyl (C=O) groups is 3. The minimum Gasteiger partial charge on any atom is -0.462 e. The molecule has 0 bridgehead atoms. The molecule has 1 amide bonds. The number of carbonyl (C=O) groups excluding carboxylic acids is 3. The van der Waals surface area contributed by atoms with Gasteiger partial charge in [-0.05, 0) is 12.8 Å². The van der Waals surface area contributed by atoms with E-state index in [0.29, 0.717) is 6.42 Å². The maximum absolute atomic E-state index is 12.6. The first-order valence-corrected chi connectivity index (χ1v) is 15.9. The summed E-state index contributed by atoms with van der Waals surface area (Å²) in [7, 11) is 0. The van der Waals surface area contributed by atoms with Crippen molar-refractivity contribution in [1.29, 1.82) is 0 Å². The van der Waals surface area contributed by atoms with E-state index >= 15 is 0 Å². The fourth-order valence-electron chi connectivity index (χ4n) is 4.19. The number of ether oxygens (including phenoxy) is 3. The van der Waals surface area contributed by atoms with Crippen LogP contribution in [0, 0.1) is 0 Å². The lowest BCUT2D eigenvalue weighted by atomic mass is 10.1. The second-order valence-electron chi connectivity index (χ2n) is 10.4. The van der Waals surface area contributed by atoms with Crippen molar-refractivity contribution in [3.05, 3.63) is 6.20 Å². The zero-order chi connectivity index (χ0) is 30.9. The van der Waals surface area contributed by atoms with Crippen LogP contribution in [0.3, 0.4) is 0 Å². The molecule has 6 atom stereocenters. The van der Waals surface area contributed by atoms with Crippen LogP contribution >= 0.6 is 11.8 Å². The van der Waals surface area contributed by atoms with Gasteiger partial charge >= 0.3 is 11.9 Å². The van der Waals surface area contributed by atoms with Crippen molar-refractivity contribution >= 4 is 35.4 Å². The number of anilines is 1. The summed E-state index contributed by atoms with van der Waals surface area (Å²) in [5, 5.41) is 39.5. The third kappa shape index (κ3) is 12.5. The fourth-order valence-corrected chi connectivity index (χ4v) is 5.16. The Labute approximate surface area is 251 Å². The number of nitrogens with zero attached hydrogens (tertiary/aromatic N) is 3. The number of aromatic nitrogens is 3. The number of aliphatic hydroxyl groups is 3. The van der Waals surface area contributed by atoms with Crippen molar-refractivity contribution < 1.29 is 43.9 Å². The van der Waals surface area contributed by atoms with Gasteiger partial charge in [-0.2, -0.15) is 11.8 Å². The number of rotatable bonds is 21. The molecule has 1 aromatic heterocycles. The lowest BCUT2D eigenvalue weighted by Crippen LogP contribution is -2.38. The second kappa shape index (κ2) is 19.8. The van der Waals surface area contributed by atoms with E-state index in [2.05, 4.69) is 29.5 Å². The van der Waals surface area contributed by atoms with Gasteiger partial charge in [-0.15, -0.1) is 5.10 Å². The number of aliphatic hydroxyl groups excluding tert-OH is 3. The molecule has 1 saturated heterocycles. The number of unbranched alkanes of at least 4 members (excludes halogenated alkanes) is 6. The normalized spacial score (nSPS) is 21.6. The Balaban J connectivity index is 1.82. The highest BCUT2D eigenvalue weighted by molar-refractivity contribution is 7.99. The molecule has 6 N–H and O–H groups in total. The highest BCUT2D eigenvalue weighted by Crippen LogP contribution is 2.29. The molecule has 0 aliphatic carbocycles. The molecule has 1 aliphatic heterocycles. The summed E-state index contributed by atoms with van der Waals surface area (Å²) in [5.74, 6) is -0.704. The highest BCUT2D eigenvalue weighted by Gasteiger charge is 2.44. The van der Waals surface area contributed by atoms with Crippen molar-refractivity contribution in [3.8, 4) is 0 Å². The first kappa shape index (κ1) is 35.9. The van der Waals surface area contributed by atoms with E-state index in [-0.39, 0.29) is 42.3 Å². The average molecular weight is 618 g/mol. The number of hydrogen-bond acceptors (Lipinski definition) is 13. The van der Waals surface area contributed by atoms with Crippen LogP contribution in [0.5, 0.6) is 0 Å². The number of nitrogens with two attached hydrogens (primary N) is 1. The standard InChI is InChI=1S/C27H47N5O9S/c1-3-5-7-9-11-22(34)39-15-18(40-23(35)12-10-8-6-4-2)16-42-17-19(28)26(38)29-21-13-32(31-30-21)27-25(37)24(36)20(14-33)41-27/h13,18-20,24-25,27,33,36-37H,3-12,14-17,28H2,1-2H3,(H,29,38)/t18?,19?,20?,24-,25+,27+/m1/s1. The quantitative estimate of drug-likeness (QED) is 0.0974. The summed E-state index contributed by atoms with van der Waals surface area (Å²) < 4.78 is 17.5. The first-order chi connectivity index (χ1) is 20.2. The van der Waals surface area contributed by atoms with Gasteiger partial charge in [0.1, 0.15) is 31.0 Å². The first-order valence-electron chi connectivity index (χ1n) is 14.7. The van der Waals surface area contributed by atoms with Gasteiger partial charge in [0.25, 0.3) is 0 Å². The molecule has 3 unspecified atom stereocenters. The third-order valence-corrected chi connectivity index (χ3v) is 7.88. The Morgan fingerprint density at radius 3 is 2.33 bits per heavy atom. The van der Waals surface area contributed by atoms with Crippen LogP contribution in [0.15, 0.2) is 6.20 Å². The van der Waals surface area contributed by atoms with E-state index in [4.69, 9.17) is 19.9 Å². The average Bonchev–Trinajstić information content (AvgIpc) is 3.55. The molecule has 15 heteroatoms. The summed E-state index contributed by atoms with van der Waals surface area (Å²) in [6, 6.07) is -0.944. The van der Waals surface area contributed by atoms with Gasteiger partial charge in [0, 0.05) is 24.3 Å². The van der Waals surface area contributed by atoms with Gasteiger partial charge in [-0.25, -0.2) is 4.68 Å². The summed E-state index contributed by atoms with van der Waals surface area (Å²) in [5.41, 5.74) is 6.05. The number of thioether (sulfide) groups is 1. The summed E-state index contributed by atoms with van der Waals surface area (Å²) in [6.07, 6.45) is 4.14. The molecule has 0 spiro atoms. The van der Waals surface area contributed by atoms with E-state index in [1.807, 2.05) is 0 Å². The van der Waals surface area contributed by atoms with Crippen molar-refractivity contribution in [1.82, 2.24) is 15.0 Å². The van der Waals surface area contributed by atoms with Gasteiger partial charge in [-0.3, -0.25) is 14.4 Å². The molecular weight excluding hydrogens is 570 g/mol. The van der Waals surface area contributed by atoms with Crippen LogP contribution in [-0.4, -0.2) is 103 Å². The topological polar surface area (TPSA) is 208 Å². The molecule has 42 heavy (non-hydrogen) atoms. The third-order valence-electron chi connectivity index (χ3n) is 6.67. The van der Waals surface area contributed by atoms with Gasteiger partial charge in [0.15, 0.2) is 12.0 Å². The zero-order valence-corrected chi connectivity index (χ0v) is 25.4. The number of esters is 2. The molecule has 2 heterocycles. The molecule has 14 nitrogen and oxygen atoms in total. The lowest BCUT2D eigenvalue weighted by Gasteiger charge is -2.19. The zero-order valence-electron chi connectivity index (χ0n) is 24.6. The minimum absolute atomic E-state index is 0.0546. The van der Waals surface area contributed by atoms with E-state index < -0.39 is 49.2 Å². The van der Waals surface area contributed by atoms with Gasteiger partial charge in [-0.1, -0.05) is 57.6 Å².